The van der Waals surface area contributed by atoms with Gasteiger partial charge in [0.1, 0.15) is 12.1 Å². The number of nitrogens with one attached hydrogen (secondary N) is 1. The van der Waals surface area contributed by atoms with Crippen molar-refractivity contribution in [3.8, 4) is 11.8 Å². The molecule has 13 heteroatoms. The summed E-state index contributed by atoms with van der Waals surface area (Å²) in [5.74, 6) is -2.06. The van der Waals surface area contributed by atoms with Crippen molar-refractivity contribution in [2.75, 3.05) is 16.3 Å². The fourth-order valence-corrected chi connectivity index (χ4v) is 5.21. The molecule has 0 unspecified atom stereocenters. The molecule has 2 heterocycles. The fraction of sp³-hybridized carbons (Fsp3) is 0.281. The SMILES string of the molecule is CC[C@@H](C)C(=O)N[C@H]1CN(C(C)=O)c2cc(C(F)(F)F)ccc2N(Cc2nn(-c3ccccc3C#N)c3ccccc23)C1=O.Cl. The predicted octanol–water partition coefficient (Wildman–Crippen LogP) is 5.77. The van der Waals surface area contributed by atoms with Crippen molar-refractivity contribution in [2.24, 2.45) is 5.92 Å². The number of halogens is 4. The minimum absolute atomic E-state index is 0. The average Bonchev–Trinajstić information content (AvgIpc) is 3.33. The lowest BCUT2D eigenvalue weighted by Gasteiger charge is -2.26. The van der Waals surface area contributed by atoms with Crippen molar-refractivity contribution < 1.29 is 27.6 Å². The third kappa shape index (κ3) is 6.35. The number of hydrogen-bond acceptors (Lipinski definition) is 5. The molecule has 45 heavy (non-hydrogen) atoms. The summed E-state index contributed by atoms with van der Waals surface area (Å²) >= 11 is 0. The standard InChI is InChI=1S/C32H29F3N6O3.ClH/c1-4-19(2)30(43)37-25-18-39(20(3)42)29-15-22(32(33,34)35)13-14-28(29)40(31(25)44)17-24-23-10-6-8-12-27(23)41(38-24)26-11-7-5-9-21(26)16-36;/h5-15,19,25H,4,17-18H2,1-3H3,(H,37,43);1H/t19-,25+;/m1./s1. The number of amides is 3. The van der Waals surface area contributed by atoms with Crippen LogP contribution in [0.1, 0.15) is 44.0 Å². The highest BCUT2D eigenvalue weighted by molar-refractivity contribution is 6.08. The summed E-state index contributed by atoms with van der Waals surface area (Å²) < 4.78 is 43.0. The molecular weight excluding hydrogens is 609 g/mol. The van der Waals surface area contributed by atoms with Crippen LogP contribution in [0.3, 0.4) is 0 Å². The molecule has 0 fully saturated rings. The highest BCUT2D eigenvalue weighted by Gasteiger charge is 2.39. The number of hydrogen-bond donors (Lipinski definition) is 1. The van der Waals surface area contributed by atoms with Gasteiger partial charge in [0.05, 0.1) is 52.5 Å². The smallest absolute Gasteiger partial charge is 0.342 e. The van der Waals surface area contributed by atoms with Crippen molar-refractivity contribution in [2.45, 2.75) is 46.0 Å². The Balaban J connectivity index is 0.00000461. The van der Waals surface area contributed by atoms with E-state index in [-0.39, 0.29) is 36.9 Å². The van der Waals surface area contributed by atoms with Gasteiger partial charge in [-0.2, -0.15) is 23.5 Å². The molecule has 1 aliphatic rings. The molecule has 3 aromatic carbocycles. The van der Waals surface area contributed by atoms with Crippen molar-refractivity contribution in [1.29, 1.82) is 5.26 Å². The van der Waals surface area contributed by atoms with Gasteiger partial charge in [0.15, 0.2) is 0 Å². The number of aromatic nitrogens is 2. The molecule has 1 aliphatic heterocycles. The van der Waals surface area contributed by atoms with E-state index < -0.39 is 41.4 Å². The predicted molar refractivity (Wildman–Crippen MR) is 165 cm³/mol. The van der Waals surface area contributed by atoms with Crippen molar-refractivity contribution in [1.82, 2.24) is 15.1 Å². The van der Waals surface area contributed by atoms with Crippen LogP contribution in [0.5, 0.6) is 0 Å². The quantitative estimate of drug-likeness (QED) is 0.288. The fourth-order valence-electron chi connectivity index (χ4n) is 5.21. The number of nitrogens with zero attached hydrogens (tertiary/aromatic N) is 5. The molecule has 3 amide bonds. The number of nitriles is 1. The summed E-state index contributed by atoms with van der Waals surface area (Å²) in [6, 6.07) is 17.8. The molecule has 234 valence electrons. The van der Waals surface area contributed by atoms with Gasteiger partial charge in [-0.1, -0.05) is 44.2 Å². The number of anilines is 2. The minimum atomic E-state index is -4.70. The van der Waals surface area contributed by atoms with E-state index >= 15 is 0 Å². The van der Waals surface area contributed by atoms with E-state index in [2.05, 4.69) is 11.4 Å². The van der Waals surface area contributed by atoms with Crippen LogP contribution in [0.4, 0.5) is 24.5 Å². The van der Waals surface area contributed by atoms with Crippen LogP contribution in [0.2, 0.25) is 0 Å². The third-order valence-electron chi connectivity index (χ3n) is 7.79. The highest BCUT2D eigenvalue weighted by Crippen LogP contribution is 2.40. The minimum Gasteiger partial charge on any atom is -0.342 e. The van der Waals surface area contributed by atoms with E-state index in [0.29, 0.717) is 34.3 Å². The van der Waals surface area contributed by atoms with Crippen LogP contribution >= 0.6 is 12.4 Å². The summed E-state index contributed by atoms with van der Waals surface area (Å²) in [5.41, 5.74) is 0.890. The summed E-state index contributed by atoms with van der Waals surface area (Å²) in [7, 11) is 0. The molecule has 5 rings (SSSR count). The number of benzene rings is 3. The second kappa shape index (κ2) is 13.0. The number of fused-ring (bicyclic) bond motifs is 2. The number of carbonyl (C=O) groups excluding carboxylic acids is 3. The van der Waals surface area contributed by atoms with Gasteiger partial charge in [-0.25, -0.2) is 4.68 Å². The molecule has 0 saturated carbocycles. The maximum Gasteiger partial charge on any atom is 0.416 e. The molecule has 1 N–H and O–H groups in total. The molecule has 4 aromatic rings. The third-order valence-corrected chi connectivity index (χ3v) is 7.79. The molecule has 9 nitrogen and oxygen atoms in total. The van der Waals surface area contributed by atoms with Crippen LogP contribution < -0.4 is 15.1 Å². The van der Waals surface area contributed by atoms with E-state index in [1.54, 1.807) is 60.1 Å². The Hall–Kier alpha value is -4.89. The zero-order valence-corrected chi connectivity index (χ0v) is 25.4. The Morgan fingerprint density at radius 1 is 1.07 bits per heavy atom. The first-order valence-corrected chi connectivity index (χ1v) is 14.0. The second-order valence-corrected chi connectivity index (χ2v) is 10.6. The normalized spacial score (nSPS) is 15.5. The van der Waals surface area contributed by atoms with Gasteiger partial charge >= 0.3 is 6.18 Å². The van der Waals surface area contributed by atoms with Crippen LogP contribution in [0, 0.1) is 17.2 Å². The molecule has 0 bridgehead atoms. The van der Waals surface area contributed by atoms with Crippen LogP contribution in [-0.4, -0.2) is 40.1 Å². The van der Waals surface area contributed by atoms with Gasteiger partial charge in [0.25, 0.3) is 5.91 Å². The Kier molecular flexibility index (Phi) is 9.53. The lowest BCUT2D eigenvalue weighted by atomic mass is 10.1. The topological polar surface area (TPSA) is 111 Å². The number of rotatable bonds is 6. The van der Waals surface area contributed by atoms with Gasteiger partial charge in [0.2, 0.25) is 11.8 Å². The molecule has 0 spiro atoms. The Morgan fingerprint density at radius 3 is 2.42 bits per heavy atom. The van der Waals surface area contributed by atoms with Crippen molar-refractivity contribution >= 4 is 52.4 Å². The summed E-state index contributed by atoms with van der Waals surface area (Å²) in [6.07, 6.45) is -4.21. The van der Waals surface area contributed by atoms with Crippen molar-refractivity contribution in [3.05, 3.63) is 83.6 Å². The molecule has 0 saturated heterocycles. The van der Waals surface area contributed by atoms with E-state index in [9.17, 15) is 32.8 Å². The highest BCUT2D eigenvalue weighted by atomic mass is 35.5. The zero-order valence-electron chi connectivity index (χ0n) is 24.6. The van der Waals surface area contributed by atoms with Gasteiger partial charge in [-0.05, 0) is 42.8 Å². The van der Waals surface area contributed by atoms with Crippen molar-refractivity contribution in [3.63, 3.8) is 0 Å². The molecule has 2 atom stereocenters. The van der Waals surface area contributed by atoms with Crippen LogP contribution in [-0.2, 0) is 27.1 Å². The van der Waals surface area contributed by atoms with Gasteiger partial charge in [0, 0.05) is 18.2 Å². The largest absolute Gasteiger partial charge is 0.416 e. The van der Waals surface area contributed by atoms with Gasteiger partial charge in [-0.15, -0.1) is 12.4 Å². The van der Waals surface area contributed by atoms with E-state index in [0.717, 1.165) is 23.1 Å². The monoisotopic (exact) mass is 638 g/mol. The van der Waals surface area contributed by atoms with E-state index in [1.165, 1.54) is 11.8 Å². The Morgan fingerprint density at radius 2 is 1.76 bits per heavy atom. The van der Waals surface area contributed by atoms with Crippen LogP contribution in [0.15, 0.2) is 66.7 Å². The van der Waals surface area contributed by atoms with E-state index in [4.69, 9.17) is 5.10 Å². The van der Waals surface area contributed by atoms with Gasteiger partial charge in [-0.3, -0.25) is 14.4 Å². The summed E-state index contributed by atoms with van der Waals surface area (Å²) in [6.45, 7) is 4.15. The lowest BCUT2D eigenvalue weighted by molar-refractivity contribution is -0.137. The second-order valence-electron chi connectivity index (χ2n) is 10.6. The maximum absolute atomic E-state index is 14.2. The Labute approximate surface area is 263 Å². The maximum atomic E-state index is 14.2. The number of para-hydroxylation sites is 2. The first kappa shape index (κ1) is 33.0. The molecule has 0 aliphatic carbocycles. The zero-order chi connectivity index (χ0) is 31.8. The molecular formula is C32H30ClF3N6O3. The Bertz CT molecular complexity index is 1820. The number of alkyl halides is 3. The van der Waals surface area contributed by atoms with E-state index in [1.807, 2.05) is 6.92 Å². The van der Waals surface area contributed by atoms with Gasteiger partial charge < -0.3 is 15.1 Å². The lowest BCUT2D eigenvalue weighted by Crippen LogP contribution is -2.53. The first-order valence-electron chi connectivity index (χ1n) is 14.0. The summed E-state index contributed by atoms with van der Waals surface area (Å²) in [5, 5.41) is 17.8. The van der Waals surface area contributed by atoms with Crippen LogP contribution in [0.25, 0.3) is 16.6 Å². The molecule has 1 aromatic heterocycles. The number of carbonyl (C=O) groups is 3. The molecule has 0 radical (unpaired) electrons. The average molecular weight is 639 g/mol. The summed E-state index contributed by atoms with van der Waals surface area (Å²) in [4.78, 5) is 42.3. The first-order chi connectivity index (χ1) is 20.9.